The number of nitrogens with one attached hydrogen (secondary N) is 1. The van der Waals surface area contributed by atoms with Crippen LogP contribution in [0.5, 0.6) is 0 Å². The third kappa shape index (κ3) is 1.11. The second-order valence-electron chi connectivity index (χ2n) is 3.25. The standard InChI is InChI=1S/C9H12N2O/c1-11-4-2-3-8(11)7-5-9(12)10-6-7/h2-4,7H,5-6H2,1H3,(H,10,12). The molecule has 1 N–H and O–H groups in total. The van der Waals surface area contributed by atoms with E-state index in [0.717, 1.165) is 6.54 Å². The van der Waals surface area contributed by atoms with Crippen molar-refractivity contribution >= 4 is 5.91 Å². The number of aryl methyl sites for hydroxylation is 1. The van der Waals surface area contributed by atoms with Crippen molar-refractivity contribution in [1.29, 1.82) is 0 Å². The molecule has 0 bridgehead atoms. The van der Waals surface area contributed by atoms with Gasteiger partial charge in [-0.2, -0.15) is 0 Å². The van der Waals surface area contributed by atoms with Crippen LogP contribution in [-0.4, -0.2) is 17.0 Å². The largest absolute Gasteiger partial charge is 0.355 e. The molecule has 64 valence electrons. The van der Waals surface area contributed by atoms with Crippen LogP contribution in [-0.2, 0) is 11.8 Å². The molecule has 1 aliphatic rings. The number of hydrogen-bond acceptors (Lipinski definition) is 1. The van der Waals surface area contributed by atoms with Crippen LogP contribution >= 0.6 is 0 Å². The van der Waals surface area contributed by atoms with Crippen molar-refractivity contribution in [3.63, 3.8) is 0 Å². The lowest BCUT2D eigenvalue weighted by atomic mass is 10.1. The van der Waals surface area contributed by atoms with E-state index in [-0.39, 0.29) is 5.91 Å². The summed E-state index contributed by atoms with van der Waals surface area (Å²) < 4.78 is 2.07. The second-order valence-corrected chi connectivity index (χ2v) is 3.25. The van der Waals surface area contributed by atoms with Gasteiger partial charge in [-0.05, 0) is 12.1 Å². The van der Waals surface area contributed by atoms with Crippen LogP contribution in [0.25, 0.3) is 0 Å². The van der Waals surface area contributed by atoms with Gasteiger partial charge in [0.15, 0.2) is 0 Å². The van der Waals surface area contributed by atoms with Crippen LogP contribution in [0.3, 0.4) is 0 Å². The van der Waals surface area contributed by atoms with E-state index in [1.807, 2.05) is 19.3 Å². The smallest absolute Gasteiger partial charge is 0.220 e. The molecular formula is C9H12N2O. The molecule has 1 aromatic rings. The van der Waals surface area contributed by atoms with Gasteiger partial charge in [0.1, 0.15) is 0 Å². The minimum atomic E-state index is 0.168. The summed E-state index contributed by atoms with van der Waals surface area (Å²) in [5.41, 5.74) is 1.24. The van der Waals surface area contributed by atoms with Gasteiger partial charge in [-0.1, -0.05) is 0 Å². The van der Waals surface area contributed by atoms with E-state index in [9.17, 15) is 4.79 Å². The van der Waals surface area contributed by atoms with E-state index in [4.69, 9.17) is 0 Å². The van der Waals surface area contributed by atoms with E-state index < -0.39 is 0 Å². The van der Waals surface area contributed by atoms with Gasteiger partial charge in [0.05, 0.1) is 0 Å². The first-order chi connectivity index (χ1) is 5.77. The lowest BCUT2D eigenvalue weighted by Gasteiger charge is -2.07. The fourth-order valence-corrected chi connectivity index (χ4v) is 1.71. The first kappa shape index (κ1) is 7.40. The van der Waals surface area contributed by atoms with Gasteiger partial charge in [-0.25, -0.2) is 0 Å². The van der Waals surface area contributed by atoms with Crippen LogP contribution < -0.4 is 5.32 Å². The molecule has 1 atom stereocenters. The zero-order valence-electron chi connectivity index (χ0n) is 7.08. The monoisotopic (exact) mass is 164 g/mol. The topological polar surface area (TPSA) is 34.0 Å². The van der Waals surface area contributed by atoms with Crippen LogP contribution in [0.4, 0.5) is 0 Å². The summed E-state index contributed by atoms with van der Waals surface area (Å²) in [4.78, 5) is 10.9. The number of carbonyl (C=O) groups is 1. The van der Waals surface area contributed by atoms with Crippen LogP contribution in [0.15, 0.2) is 18.3 Å². The van der Waals surface area contributed by atoms with Crippen molar-refractivity contribution in [2.75, 3.05) is 6.54 Å². The summed E-state index contributed by atoms with van der Waals surface area (Å²) in [5, 5.41) is 2.83. The average molecular weight is 164 g/mol. The maximum absolute atomic E-state index is 10.9. The zero-order valence-corrected chi connectivity index (χ0v) is 7.08. The molecule has 1 amide bonds. The van der Waals surface area contributed by atoms with E-state index in [1.165, 1.54) is 5.69 Å². The highest BCUT2D eigenvalue weighted by Crippen LogP contribution is 2.22. The summed E-state index contributed by atoms with van der Waals surface area (Å²) >= 11 is 0. The van der Waals surface area contributed by atoms with E-state index >= 15 is 0 Å². The maximum Gasteiger partial charge on any atom is 0.220 e. The van der Waals surface area contributed by atoms with Crippen LogP contribution in [0.1, 0.15) is 18.0 Å². The van der Waals surface area contributed by atoms with Gasteiger partial charge < -0.3 is 9.88 Å². The molecular weight excluding hydrogens is 152 g/mol. The Morgan fingerprint density at radius 2 is 2.50 bits per heavy atom. The lowest BCUT2D eigenvalue weighted by molar-refractivity contribution is -0.119. The SMILES string of the molecule is Cn1cccc1C1CNC(=O)C1. The number of rotatable bonds is 1. The third-order valence-electron chi connectivity index (χ3n) is 2.38. The summed E-state index contributed by atoms with van der Waals surface area (Å²) in [6.07, 6.45) is 2.65. The van der Waals surface area contributed by atoms with E-state index in [1.54, 1.807) is 0 Å². The number of carbonyl (C=O) groups excluding carboxylic acids is 1. The van der Waals surface area contributed by atoms with Crippen molar-refractivity contribution in [3.05, 3.63) is 24.0 Å². The Morgan fingerprint density at radius 3 is 3.00 bits per heavy atom. The molecule has 1 aliphatic heterocycles. The molecule has 1 aromatic heterocycles. The van der Waals surface area contributed by atoms with Gasteiger partial charge in [-0.15, -0.1) is 0 Å². The number of nitrogens with zero attached hydrogens (tertiary/aromatic N) is 1. The van der Waals surface area contributed by atoms with Gasteiger partial charge in [0.25, 0.3) is 0 Å². The van der Waals surface area contributed by atoms with Crippen molar-refractivity contribution < 1.29 is 4.79 Å². The molecule has 0 aliphatic carbocycles. The van der Waals surface area contributed by atoms with Gasteiger partial charge in [0, 0.05) is 37.8 Å². The summed E-state index contributed by atoms with van der Waals surface area (Å²) in [7, 11) is 2.01. The molecule has 1 unspecified atom stereocenters. The summed E-state index contributed by atoms with van der Waals surface area (Å²) in [5.74, 6) is 0.540. The summed E-state index contributed by atoms with van der Waals surface area (Å²) in [6.45, 7) is 0.788. The van der Waals surface area contributed by atoms with E-state index in [0.29, 0.717) is 12.3 Å². The number of amides is 1. The molecule has 1 fully saturated rings. The minimum absolute atomic E-state index is 0.168. The molecule has 0 aromatic carbocycles. The molecule has 2 heterocycles. The van der Waals surface area contributed by atoms with Gasteiger partial charge in [0.2, 0.25) is 5.91 Å². The Kier molecular flexibility index (Phi) is 1.64. The molecule has 0 saturated carbocycles. The highest BCUT2D eigenvalue weighted by Gasteiger charge is 2.24. The molecule has 12 heavy (non-hydrogen) atoms. The van der Waals surface area contributed by atoms with Crippen molar-refractivity contribution in [1.82, 2.24) is 9.88 Å². The Morgan fingerprint density at radius 1 is 1.67 bits per heavy atom. The maximum atomic E-state index is 10.9. The predicted octanol–water partition coefficient (Wildman–Crippen LogP) is 0.629. The molecule has 3 nitrogen and oxygen atoms in total. The molecule has 2 rings (SSSR count). The predicted molar refractivity (Wildman–Crippen MR) is 45.8 cm³/mol. The Bertz CT molecular complexity index is 303. The van der Waals surface area contributed by atoms with Gasteiger partial charge in [-0.3, -0.25) is 4.79 Å². The second kappa shape index (κ2) is 2.66. The van der Waals surface area contributed by atoms with Gasteiger partial charge >= 0.3 is 0 Å². The first-order valence-electron chi connectivity index (χ1n) is 4.15. The molecule has 1 saturated heterocycles. The number of hydrogen-bond donors (Lipinski definition) is 1. The van der Waals surface area contributed by atoms with Crippen LogP contribution in [0.2, 0.25) is 0 Å². The highest BCUT2D eigenvalue weighted by atomic mass is 16.1. The minimum Gasteiger partial charge on any atom is -0.355 e. The fraction of sp³-hybridized carbons (Fsp3) is 0.444. The Hall–Kier alpha value is -1.25. The quantitative estimate of drug-likeness (QED) is 0.649. The molecule has 0 spiro atoms. The fourth-order valence-electron chi connectivity index (χ4n) is 1.71. The van der Waals surface area contributed by atoms with E-state index in [2.05, 4.69) is 16.0 Å². The molecule has 0 radical (unpaired) electrons. The number of aromatic nitrogens is 1. The normalized spacial score (nSPS) is 22.8. The van der Waals surface area contributed by atoms with Crippen molar-refractivity contribution in [2.45, 2.75) is 12.3 Å². The molecule has 3 heteroatoms. The van der Waals surface area contributed by atoms with Crippen LogP contribution in [0, 0.1) is 0 Å². The zero-order chi connectivity index (χ0) is 8.55. The third-order valence-corrected chi connectivity index (χ3v) is 2.38. The Balaban J connectivity index is 2.21. The van der Waals surface area contributed by atoms with Crippen molar-refractivity contribution in [3.8, 4) is 0 Å². The van der Waals surface area contributed by atoms with Crippen molar-refractivity contribution in [2.24, 2.45) is 7.05 Å². The summed E-state index contributed by atoms with van der Waals surface area (Å²) in [6, 6.07) is 4.09. The lowest BCUT2D eigenvalue weighted by Crippen LogP contribution is -2.14. The average Bonchev–Trinajstić information content (AvgIpc) is 2.58. The highest BCUT2D eigenvalue weighted by molar-refractivity contribution is 5.79. The Labute approximate surface area is 71.4 Å². The first-order valence-corrected chi connectivity index (χ1v) is 4.15.